The third-order valence-electron chi connectivity index (χ3n) is 4.00. The number of nitrogens with zero attached hydrogens (tertiary/aromatic N) is 2. The van der Waals surface area contributed by atoms with Gasteiger partial charge in [-0.15, -0.1) is 0 Å². The first-order valence-corrected chi connectivity index (χ1v) is 10.0. The van der Waals surface area contributed by atoms with E-state index in [0.29, 0.717) is 22.0 Å². The number of rotatable bonds is 5. The van der Waals surface area contributed by atoms with Crippen molar-refractivity contribution in [2.24, 2.45) is 4.99 Å². The van der Waals surface area contributed by atoms with Gasteiger partial charge in [0.2, 0.25) is 5.91 Å². The number of amidine groups is 1. The fourth-order valence-electron chi connectivity index (χ4n) is 2.71. The van der Waals surface area contributed by atoms with E-state index in [1.54, 1.807) is 42.1 Å². The van der Waals surface area contributed by atoms with Crippen LogP contribution in [0.4, 0.5) is 11.4 Å². The molecule has 1 aliphatic heterocycles. The number of benzene rings is 2. The lowest BCUT2D eigenvalue weighted by molar-refractivity contribution is -0.114. The highest BCUT2D eigenvalue weighted by Gasteiger charge is 2.21. The maximum Gasteiger partial charge on any atom is 0.221 e. The SMILES string of the molecule is CC(=O)Nc1ccc(C(=O)CN2CCCSC2=Nc2ccccc2Cl)cc1. The molecule has 140 valence electrons. The quantitative estimate of drug-likeness (QED) is 0.743. The normalized spacial score (nSPS) is 15.6. The second-order valence-electron chi connectivity index (χ2n) is 6.15. The van der Waals surface area contributed by atoms with Gasteiger partial charge in [-0.2, -0.15) is 0 Å². The van der Waals surface area contributed by atoms with Crippen molar-refractivity contribution < 1.29 is 9.59 Å². The van der Waals surface area contributed by atoms with Crippen LogP contribution < -0.4 is 5.32 Å². The van der Waals surface area contributed by atoms with E-state index in [1.165, 1.54) is 6.92 Å². The van der Waals surface area contributed by atoms with E-state index in [0.717, 1.165) is 23.9 Å². The first-order valence-electron chi connectivity index (χ1n) is 8.65. The Balaban J connectivity index is 1.73. The maximum absolute atomic E-state index is 12.7. The summed E-state index contributed by atoms with van der Waals surface area (Å²) in [5.74, 6) is 0.845. The minimum absolute atomic E-state index is 0.0127. The number of carbonyl (C=O) groups is 2. The molecule has 0 aliphatic carbocycles. The second kappa shape index (κ2) is 9.06. The lowest BCUT2D eigenvalue weighted by Gasteiger charge is -2.29. The van der Waals surface area contributed by atoms with Gasteiger partial charge in [-0.25, -0.2) is 4.99 Å². The number of thioether (sulfide) groups is 1. The zero-order valence-electron chi connectivity index (χ0n) is 14.9. The van der Waals surface area contributed by atoms with Crippen LogP contribution in [0.1, 0.15) is 23.7 Å². The minimum atomic E-state index is -0.139. The van der Waals surface area contributed by atoms with Gasteiger partial charge in [0, 0.05) is 30.5 Å². The van der Waals surface area contributed by atoms with Crippen LogP contribution in [0.15, 0.2) is 53.5 Å². The molecule has 0 unspecified atom stereocenters. The smallest absolute Gasteiger partial charge is 0.221 e. The van der Waals surface area contributed by atoms with Gasteiger partial charge in [-0.05, 0) is 42.8 Å². The number of hydrogen-bond acceptors (Lipinski definition) is 4. The zero-order chi connectivity index (χ0) is 19.2. The van der Waals surface area contributed by atoms with E-state index in [9.17, 15) is 9.59 Å². The zero-order valence-corrected chi connectivity index (χ0v) is 16.5. The summed E-state index contributed by atoms with van der Waals surface area (Å²) < 4.78 is 0. The lowest BCUT2D eigenvalue weighted by atomic mass is 10.1. The molecule has 0 atom stereocenters. The molecule has 0 aromatic heterocycles. The molecule has 1 amide bonds. The highest BCUT2D eigenvalue weighted by Crippen LogP contribution is 2.28. The Morgan fingerprint density at radius 2 is 1.93 bits per heavy atom. The first kappa shape index (κ1) is 19.5. The number of para-hydroxylation sites is 1. The van der Waals surface area contributed by atoms with Gasteiger partial charge in [0.1, 0.15) is 0 Å². The molecule has 0 saturated carbocycles. The Kier molecular flexibility index (Phi) is 6.53. The third kappa shape index (κ3) is 5.34. The molecule has 1 N–H and O–H groups in total. The molecule has 3 rings (SSSR count). The number of nitrogens with one attached hydrogen (secondary N) is 1. The number of anilines is 1. The average Bonchev–Trinajstić information content (AvgIpc) is 2.65. The van der Waals surface area contributed by atoms with Gasteiger partial charge in [0.15, 0.2) is 11.0 Å². The van der Waals surface area contributed by atoms with Gasteiger partial charge in [0.05, 0.1) is 17.3 Å². The summed E-state index contributed by atoms with van der Waals surface area (Å²) in [6.45, 7) is 2.49. The summed E-state index contributed by atoms with van der Waals surface area (Å²) in [5, 5.41) is 4.11. The summed E-state index contributed by atoms with van der Waals surface area (Å²) in [4.78, 5) is 30.5. The van der Waals surface area contributed by atoms with Gasteiger partial charge in [-0.1, -0.05) is 35.5 Å². The fourth-order valence-corrected chi connectivity index (χ4v) is 3.84. The highest BCUT2D eigenvalue weighted by atomic mass is 35.5. The molecule has 1 aliphatic rings. The molecule has 1 fully saturated rings. The molecule has 7 heteroatoms. The Hall–Kier alpha value is -2.31. The van der Waals surface area contributed by atoms with Crippen molar-refractivity contribution >= 4 is 51.6 Å². The van der Waals surface area contributed by atoms with Crippen LogP contribution in [0.3, 0.4) is 0 Å². The van der Waals surface area contributed by atoms with E-state index in [-0.39, 0.29) is 18.2 Å². The largest absolute Gasteiger partial charge is 0.343 e. The summed E-state index contributed by atoms with van der Waals surface area (Å²) in [6, 6.07) is 14.4. The minimum Gasteiger partial charge on any atom is -0.343 e. The van der Waals surface area contributed by atoms with Crippen molar-refractivity contribution in [1.29, 1.82) is 0 Å². The molecular weight excluding hydrogens is 382 g/mol. The van der Waals surface area contributed by atoms with Crippen LogP contribution >= 0.6 is 23.4 Å². The van der Waals surface area contributed by atoms with E-state index in [1.807, 2.05) is 23.1 Å². The standard InChI is InChI=1S/C20H20ClN3O2S/c1-14(25)22-16-9-7-15(8-10-16)19(26)13-24-11-4-12-27-20(24)23-18-6-3-2-5-17(18)21/h2-3,5-10H,4,11-13H2,1H3,(H,22,25). The van der Waals surface area contributed by atoms with Crippen LogP contribution in [0.25, 0.3) is 0 Å². The molecule has 0 spiro atoms. The van der Waals surface area contributed by atoms with Crippen molar-refractivity contribution in [2.45, 2.75) is 13.3 Å². The number of Topliss-reactive ketones (excluding diaryl/α,β-unsaturated/α-hetero) is 1. The van der Waals surface area contributed by atoms with E-state index < -0.39 is 0 Å². The molecule has 1 saturated heterocycles. The number of carbonyl (C=O) groups excluding carboxylic acids is 2. The van der Waals surface area contributed by atoms with Crippen molar-refractivity contribution in [2.75, 3.05) is 24.2 Å². The maximum atomic E-state index is 12.7. The van der Waals surface area contributed by atoms with E-state index >= 15 is 0 Å². The summed E-state index contributed by atoms with van der Waals surface area (Å²) in [5.41, 5.74) is 1.99. The Bertz CT molecular complexity index is 868. The van der Waals surface area contributed by atoms with Gasteiger partial charge in [0.25, 0.3) is 0 Å². The number of ketones is 1. The Morgan fingerprint density at radius 3 is 2.63 bits per heavy atom. The highest BCUT2D eigenvalue weighted by molar-refractivity contribution is 8.13. The summed E-state index contributed by atoms with van der Waals surface area (Å²) in [7, 11) is 0. The Labute approximate surface area is 167 Å². The van der Waals surface area contributed by atoms with Crippen molar-refractivity contribution in [3.8, 4) is 0 Å². The van der Waals surface area contributed by atoms with Crippen LogP contribution in [0.2, 0.25) is 5.02 Å². The van der Waals surface area contributed by atoms with Gasteiger partial charge in [-0.3, -0.25) is 9.59 Å². The van der Waals surface area contributed by atoms with Crippen LogP contribution in [-0.2, 0) is 4.79 Å². The molecule has 1 heterocycles. The molecule has 2 aromatic carbocycles. The van der Waals surface area contributed by atoms with Crippen LogP contribution in [-0.4, -0.2) is 40.6 Å². The van der Waals surface area contributed by atoms with Crippen molar-refractivity contribution in [1.82, 2.24) is 4.90 Å². The summed E-state index contributed by atoms with van der Waals surface area (Å²) in [6.07, 6.45) is 1.00. The van der Waals surface area contributed by atoms with E-state index in [2.05, 4.69) is 10.3 Å². The fraction of sp³-hybridized carbons (Fsp3) is 0.250. The van der Waals surface area contributed by atoms with Gasteiger partial charge >= 0.3 is 0 Å². The van der Waals surface area contributed by atoms with E-state index in [4.69, 9.17) is 11.6 Å². The molecular formula is C20H20ClN3O2S. The monoisotopic (exact) mass is 401 g/mol. The average molecular weight is 402 g/mol. The lowest BCUT2D eigenvalue weighted by Crippen LogP contribution is -2.38. The van der Waals surface area contributed by atoms with Gasteiger partial charge < -0.3 is 10.2 Å². The number of aliphatic imine (C=N–C) groups is 1. The van der Waals surface area contributed by atoms with Crippen LogP contribution in [0.5, 0.6) is 0 Å². The molecule has 0 radical (unpaired) electrons. The van der Waals surface area contributed by atoms with Crippen molar-refractivity contribution in [3.63, 3.8) is 0 Å². The molecule has 2 aromatic rings. The second-order valence-corrected chi connectivity index (χ2v) is 7.62. The summed E-state index contributed by atoms with van der Waals surface area (Å²) >= 11 is 7.85. The number of amides is 1. The first-order chi connectivity index (χ1) is 13.0. The number of hydrogen-bond donors (Lipinski definition) is 1. The topological polar surface area (TPSA) is 61.8 Å². The van der Waals surface area contributed by atoms with Crippen LogP contribution in [0, 0.1) is 0 Å². The van der Waals surface area contributed by atoms with Crippen molar-refractivity contribution in [3.05, 3.63) is 59.1 Å². The predicted molar refractivity (Wildman–Crippen MR) is 112 cm³/mol. The molecule has 5 nitrogen and oxygen atoms in total. The molecule has 0 bridgehead atoms. The molecule has 27 heavy (non-hydrogen) atoms. The third-order valence-corrected chi connectivity index (χ3v) is 5.42. The Morgan fingerprint density at radius 1 is 1.19 bits per heavy atom. The number of halogens is 1. The predicted octanol–water partition coefficient (Wildman–Crippen LogP) is 4.61.